The van der Waals surface area contributed by atoms with Crippen LogP contribution >= 0.6 is 11.8 Å². The van der Waals surface area contributed by atoms with Gasteiger partial charge in [-0.05, 0) is 30.3 Å². The van der Waals surface area contributed by atoms with E-state index < -0.39 is 9.84 Å². The molecule has 126 valence electrons. The lowest BCUT2D eigenvalue weighted by Crippen LogP contribution is -2.11. The molecule has 0 saturated carbocycles. The summed E-state index contributed by atoms with van der Waals surface area (Å²) in [6, 6.07) is 12.5. The Hall–Kier alpha value is -2.32. The summed E-state index contributed by atoms with van der Waals surface area (Å²) in [7, 11) is -3.33. The number of hydrogen-bond acceptors (Lipinski definition) is 6. The third-order valence-electron chi connectivity index (χ3n) is 4.25. The molecule has 0 amide bonds. The fourth-order valence-electron chi connectivity index (χ4n) is 2.93. The van der Waals surface area contributed by atoms with Crippen LogP contribution in [0, 0.1) is 0 Å². The molecule has 0 radical (unpaired) electrons. The topological polar surface area (TPSA) is 74.1 Å². The van der Waals surface area contributed by atoms with Crippen molar-refractivity contribution in [3.8, 4) is 28.6 Å². The van der Waals surface area contributed by atoms with Gasteiger partial charge >= 0.3 is 0 Å². The van der Waals surface area contributed by atoms with E-state index in [-0.39, 0.29) is 11.0 Å². The quantitative estimate of drug-likeness (QED) is 0.516. The maximum absolute atomic E-state index is 12.6. The van der Waals surface area contributed by atoms with Crippen molar-refractivity contribution < 1.29 is 13.2 Å². The average Bonchev–Trinajstić information content (AvgIpc) is 3.30. The van der Waals surface area contributed by atoms with Crippen LogP contribution in [0.25, 0.3) is 17.1 Å². The van der Waals surface area contributed by atoms with Gasteiger partial charge in [0.25, 0.3) is 0 Å². The molecular formula is C17H13N3O3S2. The van der Waals surface area contributed by atoms with E-state index >= 15 is 0 Å². The SMILES string of the molecule is O=S(=O)(CC1CS1)c1ccc2c(c1)-c1nncn1-c1ccccc1O2. The first kappa shape index (κ1) is 15.0. The third kappa shape index (κ3) is 2.52. The Morgan fingerprint density at radius 3 is 2.88 bits per heavy atom. The van der Waals surface area contributed by atoms with Crippen molar-refractivity contribution in [2.75, 3.05) is 11.5 Å². The van der Waals surface area contributed by atoms with E-state index in [1.54, 1.807) is 36.3 Å². The predicted octanol–water partition coefficient (Wildman–Crippen LogP) is 2.93. The molecule has 25 heavy (non-hydrogen) atoms. The number of ether oxygens (including phenoxy) is 1. The Morgan fingerprint density at radius 1 is 1.20 bits per heavy atom. The zero-order valence-corrected chi connectivity index (χ0v) is 14.6. The molecule has 1 aromatic heterocycles. The molecule has 2 aliphatic rings. The van der Waals surface area contributed by atoms with E-state index in [2.05, 4.69) is 10.2 Å². The molecule has 0 N–H and O–H groups in total. The molecule has 6 nitrogen and oxygen atoms in total. The van der Waals surface area contributed by atoms with Crippen LogP contribution in [0.2, 0.25) is 0 Å². The molecule has 1 fully saturated rings. The Kier molecular flexibility index (Phi) is 3.20. The Balaban J connectivity index is 1.69. The summed E-state index contributed by atoms with van der Waals surface area (Å²) in [6.07, 6.45) is 1.61. The lowest BCUT2D eigenvalue weighted by Gasteiger charge is -2.10. The van der Waals surface area contributed by atoms with Gasteiger partial charge in [0.1, 0.15) is 12.1 Å². The number of aromatic nitrogens is 3. The standard InChI is InChI=1S/C17H13N3O3S2/c21-25(22,9-11-8-24-11)12-5-6-15-13(7-12)17-19-18-10-20(17)14-3-1-2-4-16(14)23-15/h1-7,10-11H,8-9H2. The fourth-order valence-corrected chi connectivity index (χ4v) is 5.63. The molecule has 0 bridgehead atoms. The van der Waals surface area contributed by atoms with Crippen LogP contribution in [0.5, 0.6) is 11.5 Å². The summed E-state index contributed by atoms with van der Waals surface area (Å²) < 4.78 is 33.1. The highest BCUT2D eigenvalue weighted by Crippen LogP contribution is 2.41. The van der Waals surface area contributed by atoms with Gasteiger partial charge in [0.2, 0.25) is 0 Å². The summed E-state index contributed by atoms with van der Waals surface area (Å²) in [4.78, 5) is 0.294. The maximum Gasteiger partial charge on any atom is 0.179 e. The molecule has 8 heteroatoms. The zero-order chi connectivity index (χ0) is 17.0. The molecule has 3 heterocycles. The van der Waals surface area contributed by atoms with Crippen LogP contribution in [-0.2, 0) is 9.84 Å². The zero-order valence-electron chi connectivity index (χ0n) is 13.0. The summed E-state index contributed by atoms with van der Waals surface area (Å²) >= 11 is 1.67. The van der Waals surface area contributed by atoms with E-state index in [1.807, 2.05) is 28.8 Å². The first-order valence-corrected chi connectivity index (χ1v) is 10.5. The highest BCUT2D eigenvalue weighted by molar-refractivity contribution is 8.08. The van der Waals surface area contributed by atoms with Gasteiger partial charge in [0, 0.05) is 11.0 Å². The second-order valence-electron chi connectivity index (χ2n) is 5.99. The van der Waals surface area contributed by atoms with E-state index in [1.165, 1.54) is 0 Å². The van der Waals surface area contributed by atoms with Gasteiger partial charge in [0.05, 0.1) is 21.9 Å². The summed E-state index contributed by atoms with van der Waals surface area (Å²) in [5.74, 6) is 2.89. The van der Waals surface area contributed by atoms with Crippen LogP contribution < -0.4 is 4.74 Å². The first-order valence-electron chi connectivity index (χ1n) is 7.78. The first-order chi connectivity index (χ1) is 12.1. The van der Waals surface area contributed by atoms with Crippen molar-refractivity contribution in [2.24, 2.45) is 0 Å². The third-order valence-corrected chi connectivity index (χ3v) is 7.25. The highest BCUT2D eigenvalue weighted by Gasteiger charge is 2.31. The average molecular weight is 371 g/mol. The van der Waals surface area contributed by atoms with Gasteiger partial charge in [-0.3, -0.25) is 4.57 Å². The van der Waals surface area contributed by atoms with Gasteiger partial charge in [-0.1, -0.05) is 12.1 Å². The number of para-hydroxylation sites is 2. The molecule has 3 aromatic rings. The van der Waals surface area contributed by atoms with E-state index in [4.69, 9.17) is 4.74 Å². The minimum atomic E-state index is -3.33. The molecule has 0 aliphatic carbocycles. The van der Waals surface area contributed by atoms with Gasteiger partial charge in [0.15, 0.2) is 21.4 Å². The summed E-state index contributed by atoms with van der Waals surface area (Å²) in [5.41, 5.74) is 1.44. The van der Waals surface area contributed by atoms with Crippen molar-refractivity contribution in [2.45, 2.75) is 10.1 Å². The smallest absolute Gasteiger partial charge is 0.179 e. The van der Waals surface area contributed by atoms with Crippen LogP contribution in [0.3, 0.4) is 0 Å². The molecule has 0 spiro atoms. The van der Waals surface area contributed by atoms with E-state index in [0.717, 1.165) is 11.4 Å². The molecule has 1 unspecified atom stereocenters. The lowest BCUT2D eigenvalue weighted by atomic mass is 10.2. The minimum absolute atomic E-state index is 0.171. The number of sulfone groups is 1. The summed E-state index contributed by atoms with van der Waals surface area (Å²) in [6.45, 7) is 0. The van der Waals surface area contributed by atoms with E-state index in [0.29, 0.717) is 27.8 Å². The molecule has 5 rings (SSSR count). The van der Waals surface area contributed by atoms with Crippen LogP contribution in [0.1, 0.15) is 0 Å². The largest absolute Gasteiger partial charge is 0.454 e. The number of hydrogen-bond donors (Lipinski definition) is 0. The number of rotatable bonds is 3. The van der Waals surface area contributed by atoms with Gasteiger partial charge in [-0.15, -0.1) is 10.2 Å². The van der Waals surface area contributed by atoms with Crippen molar-refractivity contribution in [3.05, 3.63) is 48.8 Å². The normalized spacial score (nSPS) is 17.7. The van der Waals surface area contributed by atoms with Gasteiger partial charge < -0.3 is 4.74 Å². The Bertz CT molecular complexity index is 1090. The summed E-state index contributed by atoms with van der Waals surface area (Å²) in [5, 5.41) is 8.40. The van der Waals surface area contributed by atoms with Crippen molar-refractivity contribution in [3.63, 3.8) is 0 Å². The highest BCUT2D eigenvalue weighted by atomic mass is 32.2. The number of thioether (sulfide) groups is 1. The molecule has 1 atom stereocenters. The van der Waals surface area contributed by atoms with Crippen molar-refractivity contribution >= 4 is 21.6 Å². The number of nitrogens with zero attached hydrogens (tertiary/aromatic N) is 3. The Morgan fingerprint density at radius 2 is 2.04 bits per heavy atom. The van der Waals surface area contributed by atoms with Crippen LogP contribution in [0.4, 0.5) is 0 Å². The second kappa shape index (κ2) is 5.34. The maximum atomic E-state index is 12.6. The Labute approximate surface area is 148 Å². The minimum Gasteiger partial charge on any atom is -0.454 e. The molecule has 2 aromatic carbocycles. The number of fused-ring (bicyclic) bond motifs is 5. The monoisotopic (exact) mass is 371 g/mol. The fraction of sp³-hybridized carbons (Fsp3) is 0.176. The van der Waals surface area contributed by atoms with Gasteiger partial charge in [-0.25, -0.2) is 8.42 Å². The van der Waals surface area contributed by atoms with Gasteiger partial charge in [-0.2, -0.15) is 11.8 Å². The lowest BCUT2D eigenvalue weighted by molar-refractivity contribution is 0.484. The second-order valence-corrected chi connectivity index (χ2v) is 9.36. The van der Waals surface area contributed by atoms with Crippen LogP contribution in [0.15, 0.2) is 53.7 Å². The van der Waals surface area contributed by atoms with Crippen LogP contribution in [-0.4, -0.2) is 39.9 Å². The molecule has 1 saturated heterocycles. The van der Waals surface area contributed by atoms with Crippen molar-refractivity contribution in [1.29, 1.82) is 0 Å². The van der Waals surface area contributed by atoms with Crippen molar-refractivity contribution in [1.82, 2.24) is 14.8 Å². The van der Waals surface area contributed by atoms with E-state index in [9.17, 15) is 8.42 Å². The number of benzene rings is 2. The molecule has 2 aliphatic heterocycles. The molecular weight excluding hydrogens is 358 g/mol. The predicted molar refractivity (Wildman–Crippen MR) is 95.2 cm³/mol.